The van der Waals surface area contributed by atoms with Crippen molar-refractivity contribution >= 4 is 24.0 Å². The number of nitrogens with two attached hydrogens (primary N) is 1. The molecule has 14 heavy (non-hydrogen) atoms. The first kappa shape index (κ1) is 13.6. The van der Waals surface area contributed by atoms with E-state index < -0.39 is 12.5 Å². The Balaban J connectivity index is 0.00000169. The summed E-state index contributed by atoms with van der Waals surface area (Å²) < 4.78 is 24.6. The van der Waals surface area contributed by atoms with E-state index in [2.05, 4.69) is 0 Å². The van der Waals surface area contributed by atoms with Crippen LogP contribution in [-0.4, -0.2) is 6.43 Å². The Kier molecular flexibility index (Phi) is 5.34. The highest BCUT2D eigenvalue weighted by atomic mass is 35.5. The molecular formula is C9H11Cl2F2N. The van der Waals surface area contributed by atoms with E-state index in [4.69, 9.17) is 17.3 Å². The van der Waals surface area contributed by atoms with Crippen molar-refractivity contribution in [1.29, 1.82) is 0 Å². The van der Waals surface area contributed by atoms with Crippen LogP contribution in [0.4, 0.5) is 8.78 Å². The first-order chi connectivity index (χ1) is 6.04. The molecule has 0 fully saturated rings. The van der Waals surface area contributed by atoms with Crippen LogP contribution in [0, 0.1) is 6.92 Å². The molecule has 1 nitrogen and oxygen atoms in total. The molecule has 0 aliphatic heterocycles. The lowest BCUT2D eigenvalue weighted by Crippen LogP contribution is -2.20. The molecule has 0 unspecified atom stereocenters. The van der Waals surface area contributed by atoms with E-state index >= 15 is 0 Å². The van der Waals surface area contributed by atoms with E-state index in [1.54, 1.807) is 25.1 Å². The van der Waals surface area contributed by atoms with Crippen LogP contribution in [0.25, 0.3) is 0 Å². The summed E-state index contributed by atoms with van der Waals surface area (Å²) in [6, 6.07) is 3.68. The third kappa shape index (κ3) is 2.80. The number of aryl methyl sites for hydroxylation is 1. The van der Waals surface area contributed by atoms with Gasteiger partial charge in [0.1, 0.15) is 0 Å². The zero-order chi connectivity index (χ0) is 10.0. The number of benzene rings is 1. The van der Waals surface area contributed by atoms with Gasteiger partial charge in [0.05, 0.1) is 6.04 Å². The van der Waals surface area contributed by atoms with Crippen molar-refractivity contribution in [2.45, 2.75) is 19.4 Å². The molecule has 1 aromatic rings. The first-order valence-electron chi connectivity index (χ1n) is 3.82. The molecule has 1 aromatic carbocycles. The fraction of sp³-hybridized carbons (Fsp3) is 0.333. The average molecular weight is 242 g/mol. The van der Waals surface area contributed by atoms with Crippen molar-refractivity contribution < 1.29 is 8.78 Å². The summed E-state index contributed by atoms with van der Waals surface area (Å²) >= 11 is 5.76. The van der Waals surface area contributed by atoms with Gasteiger partial charge >= 0.3 is 0 Å². The number of alkyl halides is 2. The van der Waals surface area contributed by atoms with Crippen molar-refractivity contribution in [1.82, 2.24) is 0 Å². The van der Waals surface area contributed by atoms with E-state index in [0.29, 0.717) is 16.1 Å². The molecule has 1 rings (SSSR count). The van der Waals surface area contributed by atoms with Crippen molar-refractivity contribution in [2.75, 3.05) is 0 Å². The molecule has 0 spiro atoms. The summed E-state index contributed by atoms with van der Waals surface area (Å²) in [6.45, 7) is 1.71. The van der Waals surface area contributed by atoms with Gasteiger partial charge in [0.25, 0.3) is 6.43 Å². The molecule has 0 aliphatic carbocycles. The molecular weight excluding hydrogens is 231 g/mol. The number of hydrogen-bond donors (Lipinski definition) is 1. The zero-order valence-electron chi connectivity index (χ0n) is 7.51. The van der Waals surface area contributed by atoms with Gasteiger partial charge in [-0.25, -0.2) is 8.78 Å². The van der Waals surface area contributed by atoms with Gasteiger partial charge in [-0.05, 0) is 24.1 Å². The van der Waals surface area contributed by atoms with E-state index in [0.717, 1.165) is 0 Å². The summed E-state index contributed by atoms with van der Waals surface area (Å²) in [5.41, 5.74) is 6.33. The minimum absolute atomic E-state index is 0. The van der Waals surface area contributed by atoms with Crippen LogP contribution in [-0.2, 0) is 0 Å². The Labute approximate surface area is 92.7 Å². The maximum Gasteiger partial charge on any atom is 0.257 e. The van der Waals surface area contributed by atoms with Gasteiger partial charge in [-0.3, -0.25) is 0 Å². The van der Waals surface area contributed by atoms with Crippen molar-refractivity contribution in [3.63, 3.8) is 0 Å². The van der Waals surface area contributed by atoms with E-state index in [1.165, 1.54) is 0 Å². The second kappa shape index (κ2) is 5.49. The minimum atomic E-state index is -2.58. The zero-order valence-corrected chi connectivity index (χ0v) is 9.08. The first-order valence-corrected chi connectivity index (χ1v) is 4.20. The Morgan fingerprint density at radius 2 is 1.93 bits per heavy atom. The van der Waals surface area contributed by atoms with Crippen LogP contribution in [0.2, 0.25) is 5.02 Å². The highest BCUT2D eigenvalue weighted by Crippen LogP contribution is 2.28. The third-order valence-corrected chi connectivity index (χ3v) is 2.21. The van der Waals surface area contributed by atoms with Gasteiger partial charge in [0.2, 0.25) is 0 Å². The number of halogens is 4. The smallest absolute Gasteiger partial charge is 0.257 e. The van der Waals surface area contributed by atoms with Gasteiger partial charge in [-0.2, -0.15) is 0 Å². The molecule has 0 radical (unpaired) electrons. The van der Waals surface area contributed by atoms with Crippen LogP contribution in [0.15, 0.2) is 18.2 Å². The summed E-state index contributed by atoms with van der Waals surface area (Å²) in [4.78, 5) is 0. The lowest BCUT2D eigenvalue weighted by Gasteiger charge is -2.14. The standard InChI is InChI=1S/C9H10ClF2N.ClH/c1-5-3-2-4-6(10)7(5)8(13)9(11)12;/h2-4,8-9H,13H2,1H3;1H/t8-;/m1./s1. The lowest BCUT2D eigenvalue weighted by molar-refractivity contribution is 0.116. The molecule has 0 saturated heterocycles. The Morgan fingerprint density at radius 1 is 1.36 bits per heavy atom. The number of rotatable bonds is 2. The predicted octanol–water partition coefficient (Wildman–Crippen LogP) is 3.34. The maximum absolute atomic E-state index is 12.3. The van der Waals surface area contributed by atoms with Crippen LogP contribution in [0.3, 0.4) is 0 Å². The van der Waals surface area contributed by atoms with E-state index in [1.807, 2.05) is 0 Å². The highest BCUT2D eigenvalue weighted by Gasteiger charge is 2.21. The molecule has 0 aliphatic rings. The molecule has 0 aromatic heterocycles. The SMILES string of the molecule is Cc1cccc(Cl)c1[C@@H](N)C(F)F.Cl. The summed E-state index contributed by atoms with van der Waals surface area (Å²) in [5, 5.41) is 0.299. The minimum Gasteiger partial charge on any atom is -0.319 e. The van der Waals surface area contributed by atoms with Crippen molar-refractivity contribution in [2.24, 2.45) is 5.73 Å². The highest BCUT2D eigenvalue weighted by molar-refractivity contribution is 6.31. The molecule has 0 saturated carbocycles. The lowest BCUT2D eigenvalue weighted by atomic mass is 10.0. The largest absolute Gasteiger partial charge is 0.319 e. The molecule has 0 amide bonds. The maximum atomic E-state index is 12.3. The average Bonchev–Trinajstić information content (AvgIpc) is 2.03. The van der Waals surface area contributed by atoms with E-state index in [9.17, 15) is 8.78 Å². The van der Waals surface area contributed by atoms with Crippen LogP contribution >= 0.6 is 24.0 Å². The monoisotopic (exact) mass is 241 g/mol. The van der Waals surface area contributed by atoms with E-state index in [-0.39, 0.29) is 12.4 Å². The Bertz CT molecular complexity index is 285. The normalized spacial score (nSPS) is 12.4. The molecule has 0 heterocycles. The van der Waals surface area contributed by atoms with Crippen LogP contribution in [0.1, 0.15) is 17.2 Å². The van der Waals surface area contributed by atoms with Gasteiger partial charge in [-0.15, -0.1) is 12.4 Å². The van der Waals surface area contributed by atoms with Crippen LogP contribution < -0.4 is 5.73 Å². The predicted molar refractivity (Wildman–Crippen MR) is 56.4 cm³/mol. The van der Waals surface area contributed by atoms with Crippen molar-refractivity contribution in [3.8, 4) is 0 Å². The van der Waals surface area contributed by atoms with Crippen LogP contribution in [0.5, 0.6) is 0 Å². The fourth-order valence-corrected chi connectivity index (χ4v) is 1.54. The second-order valence-corrected chi connectivity index (χ2v) is 3.24. The third-order valence-electron chi connectivity index (χ3n) is 1.88. The quantitative estimate of drug-likeness (QED) is 0.845. The number of hydrogen-bond acceptors (Lipinski definition) is 1. The fourth-order valence-electron chi connectivity index (χ4n) is 1.19. The Morgan fingerprint density at radius 3 is 2.36 bits per heavy atom. The van der Waals surface area contributed by atoms with Gasteiger partial charge in [-0.1, -0.05) is 23.7 Å². The summed E-state index contributed by atoms with van der Waals surface area (Å²) in [6.07, 6.45) is -2.58. The molecule has 1 atom stereocenters. The van der Waals surface area contributed by atoms with Gasteiger partial charge in [0.15, 0.2) is 0 Å². The Hall–Kier alpha value is -0.380. The summed E-state index contributed by atoms with van der Waals surface area (Å²) in [7, 11) is 0. The van der Waals surface area contributed by atoms with Gasteiger partial charge < -0.3 is 5.73 Å². The molecule has 5 heteroatoms. The molecule has 0 bridgehead atoms. The van der Waals surface area contributed by atoms with Crippen molar-refractivity contribution in [3.05, 3.63) is 34.3 Å². The second-order valence-electron chi connectivity index (χ2n) is 2.83. The van der Waals surface area contributed by atoms with Gasteiger partial charge in [0, 0.05) is 5.02 Å². The molecule has 2 N–H and O–H groups in total. The topological polar surface area (TPSA) is 26.0 Å². The summed E-state index contributed by atoms with van der Waals surface area (Å²) in [5.74, 6) is 0. The molecule has 80 valence electrons.